The molecule has 4 nitrogen and oxygen atoms in total. The number of hydrogen-bond donors (Lipinski definition) is 1. The van der Waals surface area contributed by atoms with E-state index >= 15 is 0 Å². The van der Waals surface area contributed by atoms with Gasteiger partial charge in [-0.3, -0.25) is 0 Å². The van der Waals surface area contributed by atoms with Gasteiger partial charge in [0.25, 0.3) is 0 Å². The van der Waals surface area contributed by atoms with Crippen molar-refractivity contribution < 1.29 is 17.2 Å². The highest BCUT2D eigenvalue weighted by Crippen LogP contribution is 2.20. The van der Waals surface area contributed by atoms with E-state index in [1.54, 1.807) is 0 Å². The molecule has 0 spiro atoms. The number of rotatable bonds is 2. The maximum atomic E-state index is 13.5. The molecule has 1 heterocycles. The first-order chi connectivity index (χ1) is 8.51. The van der Waals surface area contributed by atoms with E-state index in [1.165, 1.54) is 4.31 Å². The number of halogens is 3. The molecule has 1 aliphatic rings. The molecule has 1 fully saturated rings. The van der Waals surface area contributed by atoms with Gasteiger partial charge in [-0.15, -0.1) is 12.4 Å². The first-order valence-corrected chi connectivity index (χ1v) is 7.12. The van der Waals surface area contributed by atoms with Gasteiger partial charge in [0.1, 0.15) is 16.5 Å². The SMILES string of the molecule is Cl.O=S(=O)(c1ccc(F)cc1F)N1CCCNCC1. The van der Waals surface area contributed by atoms with E-state index in [-0.39, 0.29) is 12.4 Å². The van der Waals surface area contributed by atoms with Crippen molar-refractivity contribution in [2.75, 3.05) is 26.2 Å². The lowest BCUT2D eigenvalue weighted by molar-refractivity contribution is 0.427. The maximum Gasteiger partial charge on any atom is 0.246 e. The molecule has 1 aliphatic heterocycles. The Hall–Kier alpha value is -0.760. The van der Waals surface area contributed by atoms with Crippen LogP contribution in [0.25, 0.3) is 0 Å². The molecule has 0 aromatic heterocycles. The van der Waals surface area contributed by atoms with E-state index in [2.05, 4.69) is 5.32 Å². The Labute approximate surface area is 117 Å². The molecule has 0 amide bonds. The van der Waals surface area contributed by atoms with Crippen molar-refractivity contribution in [1.82, 2.24) is 9.62 Å². The summed E-state index contributed by atoms with van der Waals surface area (Å²) in [7, 11) is -3.88. The van der Waals surface area contributed by atoms with Gasteiger partial charge >= 0.3 is 0 Å². The predicted molar refractivity (Wildman–Crippen MR) is 69.9 cm³/mol. The van der Waals surface area contributed by atoms with Crippen molar-refractivity contribution in [1.29, 1.82) is 0 Å². The van der Waals surface area contributed by atoms with Crippen LogP contribution in [0.5, 0.6) is 0 Å². The average Bonchev–Trinajstić information content (AvgIpc) is 2.57. The van der Waals surface area contributed by atoms with Crippen LogP contribution in [0.2, 0.25) is 0 Å². The van der Waals surface area contributed by atoms with Crippen molar-refractivity contribution in [3.05, 3.63) is 29.8 Å². The first kappa shape index (κ1) is 16.3. The van der Waals surface area contributed by atoms with E-state index < -0.39 is 26.6 Å². The van der Waals surface area contributed by atoms with Crippen LogP contribution < -0.4 is 5.32 Å². The van der Waals surface area contributed by atoms with Crippen molar-refractivity contribution >= 4 is 22.4 Å². The third-order valence-electron chi connectivity index (χ3n) is 2.81. The van der Waals surface area contributed by atoms with Crippen LogP contribution in [0, 0.1) is 11.6 Å². The summed E-state index contributed by atoms with van der Waals surface area (Å²) in [5.41, 5.74) is 0. The Morgan fingerprint density at radius 2 is 1.89 bits per heavy atom. The molecule has 1 N–H and O–H groups in total. The molecule has 0 unspecified atom stereocenters. The van der Waals surface area contributed by atoms with Crippen molar-refractivity contribution in [2.45, 2.75) is 11.3 Å². The van der Waals surface area contributed by atoms with Gasteiger partial charge in [-0.25, -0.2) is 17.2 Å². The van der Waals surface area contributed by atoms with Gasteiger partial charge in [-0.05, 0) is 25.1 Å². The maximum absolute atomic E-state index is 13.5. The minimum atomic E-state index is -3.88. The van der Waals surface area contributed by atoms with Crippen LogP contribution >= 0.6 is 12.4 Å². The van der Waals surface area contributed by atoms with Gasteiger partial charge in [0.05, 0.1) is 0 Å². The second-order valence-electron chi connectivity index (χ2n) is 4.08. The molecule has 0 aliphatic carbocycles. The molecule has 0 atom stereocenters. The quantitative estimate of drug-likeness (QED) is 0.897. The fraction of sp³-hybridized carbons (Fsp3) is 0.455. The van der Waals surface area contributed by atoms with E-state index in [0.29, 0.717) is 32.1 Å². The molecule has 0 bridgehead atoms. The second-order valence-corrected chi connectivity index (χ2v) is 5.99. The van der Waals surface area contributed by atoms with Crippen LogP contribution in [-0.4, -0.2) is 38.9 Å². The number of nitrogens with one attached hydrogen (secondary N) is 1. The normalized spacial score (nSPS) is 17.6. The molecule has 1 aromatic rings. The smallest absolute Gasteiger partial charge is 0.246 e. The number of hydrogen-bond acceptors (Lipinski definition) is 3. The minimum Gasteiger partial charge on any atom is -0.315 e. The van der Waals surface area contributed by atoms with Crippen molar-refractivity contribution in [2.24, 2.45) is 0 Å². The van der Waals surface area contributed by atoms with Gasteiger partial charge in [0.2, 0.25) is 10.0 Å². The van der Waals surface area contributed by atoms with Crippen LogP contribution in [0.3, 0.4) is 0 Å². The van der Waals surface area contributed by atoms with E-state index in [1.807, 2.05) is 0 Å². The van der Waals surface area contributed by atoms with Gasteiger partial charge in [-0.1, -0.05) is 0 Å². The van der Waals surface area contributed by atoms with Crippen LogP contribution in [0.15, 0.2) is 23.1 Å². The molecule has 0 saturated carbocycles. The second kappa shape index (κ2) is 6.60. The zero-order valence-corrected chi connectivity index (χ0v) is 11.7. The average molecular weight is 313 g/mol. The predicted octanol–water partition coefficient (Wildman–Crippen LogP) is 1.37. The lowest BCUT2D eigenvalue weighted by Crippen LogP contribution is -2.34. The Kier molecular flexibility index (Phi) is 5.66. The Morgan fingerprint density at radius 3 is 2.58 bits per heavy atom. The fourth-order valence-corrected chi connectivity index (χ4v) is 3.41. The summed E-state index contributed by atoms with van der Waals surface area (Å²) in [6, 6.07) is 2.51. The lowest BCUT2D eigenvalue weighted by atomic mass is 10.3. The third kappa shape index (κ3) is 3.62. The third-order valence-corrected chi connectivity index (χ3v) is 4.74. The summed E-state index contributed by atoms with van der Waals surface area (Å²) in [5.74, 6) is -1.84. The van der Waals surface area contributed by atoms with E-state index in [0.717, 1.165) is 18.7 Å². The molecule has 1 aromatic carbocycles. The highest BCUT2D eigenvalue weighted by molar-refractivity contribution is 7.89. The summed E-state index contributed by atoms with van der Waals surface area (Å²) in [4.78, 5) is -0.467. The van der Waals surface area contributed by atoms with Gasteiger partial charge < -0.3 is 5.32 Å². The van der Waals surface area contributed by atoms with E-state index in [9.17, 15) is 17.2 Å². The van der Waals surface area contributed by atoms with Crippen LogP contribution in [0.1, 0.15) is 6.42 Å². The summed E-state index contributed by atoms with van der Waals surface area (Å²) < 4.78 is 52.0. The van der Waals surface area contributed by atoms with Gasteiger partial charge in [-0.2, -0.15) is 4.31 Å². The molecular formula is C11H15ClF2N2O2S. The highest BCUT2D eigenvalue weighted by Gasteiger charge is 2.27. The number of sulfonamides is 1. The zero-order chi connectivity index (χ0) is 13.2. The molecule has 8 heteroatoms. The molecule has 0 radical (unpaired) electrons. The highest BCUT2D eigenvalue weighted by atomic mass is 35.5. The standard InChI is InChI=1S/C11H14F2N2O2S.ClH/c12-9-2-3-11(10(13)8-9)18(16,17)15-6-1-4-14-5-7-15;/h2-3,8,14H,1,4-7H2;1H. The Morgan fingerprint density at radius 1 is 1.16 bits per heavy atom. The first-order valence-electron chi connectivity index (χ1n) is 5.68. The van der Waals surface area contributed by atoms with Crippen molar-refractivity contribution in [3.8, 4) is 0 Å². The fourth-order valence-electron chi connectivity index (χ4n) is 1.88. The summed E-state index contributed by atoms with van der Waals surface area (Å²) in [6.07, 6.45) is 0.669. The van der Waals surface area contributed by atoms with Crippen molar-refractivity contribution in [3.63, 3.8) is 0 Å². The van der Waals surface area contributed by atoms with Gasteiger partial charge in [0, 0.05) is 25.7 Å². The lowest BCUT2D eigenvalue weighted by Gasteiger charge is -2.19. The minimum absolute atomic E-state index is 0. The monoisotopic (exact) mass is 312 g/mol. The largest absolute Gasteiger partial charge is 0.315 e. The van der Waals surface area contributed by atoms with E-state index in [4.69, 9.17) is 0 Å². The summed E-state index contributed by atoms with van der Waals surface area (Å²) in [5, 5.41) is 3.06. The molecule has 1 saturated heterocycles. The molecule has 19 heavy (non-hydrogen) atoms. The Bertz CT molecular complexity index is 531. The topological polar surface area (TPSA) is 49.4 Å². The van der Waals surface area contributed by atoms with Crippen LogP contribution in [0.4, 0.5) is 8.78 Å². The zero-order valence-electron chi connectivity index (χ0n) is 10.1. The molecule has 2 rings (SSSR count). The van der Waals surface area contributed by atoms with Crippen LogP contribution in [-0.2, 0) is 10.0 Å². The summed E-state index contributed by atoms with van der Waals surface area (Å²) >= 11 is 0. The number of nitrogens with zero attached hydrogens (tertiary/aromatic N) is 1. The summed E-state index contributed by atoms with van der Waals surface area (Å²) in [6.45, 7) is 1.89. The van der Waals surface area contributed by atoms with Gasteiger partial charge in [0.15, 0.2) is 0 Å². The number of benzene rings is 1. The molecule has 108 valence electrons. The Balaban J connectivity index is 0.00000180. The molecular weight excluding hydrogens is 298 g/mol.